The van der Waals surface area contributed by atoms with E-state index in [0.29, 0.717) is 6.04 Å². The van der Waals surface area contributed by atoms with Crippen molar-refractivity contribution >= 4 is 11.6 Å². The fourth-order valence-corrected chi connectivity index (χ4v) is 2.95. The summed E-state index contributed by atoms with van der Waals surface area (Å²) in [5.74, 6) is 0.787. The van der Waals surface area contributed by atoms with Crippen LogP contribution in [0.1, 0.15) is 31.9 Å². The smallest absolute Gasteiger partial charge is 0.0453 e. The Balaban J connectivity index is 1.82. The molecule has 1 aliphatic rings. The standard InChI is InChI=1S/C15H23ClN2/c1-3-18-9-8-13(11-18)10-17-12(2)14-6-4-5-7-15(14)16/h4-7,12-13,17H,3,8-11H2,1-2H3. The predicted octanol–water partition coefficient (Wildman–Crippen LogP) is 3.33. The maximum Gasteiger partial charge on any atom is 0.0453 e. The Morgan fingerprint density at radius 3 is 2.89 bits per heavy atom. The van der Waals surface area contributed by atoms with Crippen molar-refractivity contribution in [1.29, 1.82) is 0 Å². The molecule has 0 aromatic heterocycles. The van der Waals surface area contributed by atoms with E-state index < -0.39 is 0 Å². The number of rotatable bonds is 5. The molecule has 0 amide bonds. The number of nitrogens with one attached hydrogen (secondary N) is 1. The van der Waals surface area contributed by atoms with Gasteiger partial charge >= 0.3 is 0 Å². The van der Waals surface area contributed by atoms with Crippen molar-refractivity contribution in [2.45, 2.75) is 26.3 Å². The van der Waals surface area contributed by atoms with E-state index in [9.17, 15) is 0 Å². The zero-order valence-electron chi connectivity index (χ0n) is 11.3. The summed E-state index contributed by atoms with van der Waals surface area (Å²) in [6.07, 6.45) is 1.32. The molecule has 1 aliphatic heterocycles. The molecule has 18 heavy (non-hydrogen) atoms. The number of halogens is 1. The zero-order chi connectivity index (χ0) is 13.0. The van der Waals surface area contributed by atoms with Crippen LogP contribution in [0.2, 0.25) is 5.02 Å². The molecule has 0 bridgehead atoms. The molecule has 1 aromatic rings. The quantitative estimate of drug-likeness (QED) is 0.880. The minimum atomic E-state index is 0.328. The van der Waals surface area contributed by atoms with Gasteiger partial charge in [-0.15, -0.1) is 0 Å². The summed E-state index contributed by atoms with van der Waals surface area (Å²) in [6, 6.07) is 8.42. The highest BCUT2D eigenvalue weighted by Crippen LogP contribution is 2.23. The first-order valence-corrected chi connectivity index (χ1v) is 7.28. The summed E-state index contributed by atoms with van der Waals surface area (Å²) in [6.45, 7) is 9.18. The van der Waals surface area contributed by atoms with E-state index in [-0.39, 0.29) is 0 Å². The van der Waals surface area contributed by atoms with Crippen LogP contribution < -0.4 is 5.32 Å². The molecule has 0 spiro atoms. The van der Waals surface area contributed by atoms with Crippen LogP contribution in [0.25, 0.3) is 0 Å². The highest BCUT2D eigenvalue weighted by atomic mass is 35.5. The molecule has 0 saturated carbocycles. The molecule has 2 atom stereocenters. The molecule has 100 valence electrons. The molecule has 3 heteroatoms. The lowest BCUT2D eigenvalue weighted by Crippen LogP contribution is -2.28. The van der Waals surface area contributed by atoms with E-state index in [2.05, 4.69) is 30.1 Å². The van der Waals surface area contributed by atoms with E-state index in [0.717, 1.165) is 17.5 Å². The van der Waals surface area contributed by atoms with Crippen LogP contribution in [0.15, 0.2) is 24.3 Å². The van der Waals surface area contributed by atoms with Gasteiger partial charge in [0.25, 0.3) is 0 Å². The number of hydrogen-bond donors (Lipinski definition) is 1. The molecule has 2 unspecified atom stereocenters. The Labute approximate surface area is 115 Å². The molecule has 1 heterocycles. The van der Waals surface area contributed by atoms with E-state index in [4.69, 9.17) is 11.6 Å². The van der Waals surface area contributed by atoms with E-state index in [1.54, 1.807) is 0 Å². The Kier molecular flexibility index (Phi) is 5.04. The van der Waals surface area contributed by atoms with Gasteiger partial charge in [-0.3, -0.25) is 0 Å². The van der Waals surface area contributed by atoms with Crippen molar-refractivity contribution in [1.82, 2.24) is 10.2 Å². The van der Waals surface area contributed by atoms with Gasteiger partial charge in [0.05, 0.1) is 0 Å². The molecule has 0 aliphatic carbocycles. The summed E-state index contributed by atoms with van der Waals surface area (Å²) in [4.78, 5) is 2.52. The SMILES string of the molecule is CCN1CCC(CNC(C)c2ccccc2Cl)C1. The van der Waals surface area contributed by atoms with Gasteiger partial charge < -0.3 is 10.2 Å². The van der Waals surface area contributed by atoms with E-state index in [1.807, 2.05) is 18.2 Å². The van der Waals surface area contributed by atoms with Crippen molar-refractivity contribution in [3.05, 3.63) is 34.9 Å². The van der Waals surface area contributed by atoms with Crippen molar-refractivity contribution < 1.29 is 0 Å². The van der Waals surface area contributed by atoms with Gasteiger partial charge in [0, 0.05) is 17.6 Å². The monoisotopic (exact) mass is 266 g/mol. The maximum atomic E-state index is 6.21. The third-order valence-corrected chi connectivity index (χ3v) is 4.25. The minimum absolute atomic E-state index is 0.328. The highest BCUT2D eigenvalue weighted by molar-refractivity contribution is 6.31. The van der Waals surface area contributed by atoms with Crippen LogP contribution in [-0.2, 0) is 0 Å². The molecule has 2 rings (SSSR count). The van der Waals surface area contributed by atoms with Crippen LogP contribution >= 0.6 is 11.6 Å². The predicted molar refractivity (Wildman–Crippen MR) is 78.1 cm³/mol. The average molecular weight is 267 g/mol. The topological polar surface area (TPSA) is 15.3 Å². The van der Waals surface area contributed by atoms with Crippen LogP contribution in [-0.4, -0.2) is 31.1 Å². The largest absolute Gasteiger partial charge is 0.310 e. The third-order valence-electron chi connectivity index (χ3n) is 3.90. The Bertz CT molecular complexity index is 381. The Morgan fingerprint density at radius 1 is 1.44 bits per heavy atom. The summed E-state index contributed by atoms with van der Waals surface area (Å²) in [7, 11) is 0. The first-order chi connectivity index (χ1) is 8.70. The second-order valence-electron chi connectivity index (χ2n) is 5.20. The van der Waals surface area contributed by atoms with Gasteiger partial charge in [-0.25, -0.2) is 0 Å². The first kappa shape index (κ1) is 13.9. The van der Waals surface area contributed by atoms with Crippen molar-refractivity contribution in [3.63, 3.8) is 0 Å². The molecule has 1 N–H and O–H groups in total. The fraction of sp³-hybridized carbons (Fsp3) is 0.600. The number of likely N-dealkylation sites (tertiary alicyclic amines) is 1. The first-order valence-electron chi connectivity index (χ1n) is 6.91. The van der Waals surface area contributed by atoms with Gasteiger partial charge in [-0.1, -0.05) is 36.7 Å². The van der Waals surface area contributed by atoms with E-state index >= 15 is 0 Å². The number of hydrogen-bond acceptors (Lipinski definition) is 2. The number of nitrogens with zero attached hydrogens (tertiary/aromatic N) is 1. The molecule has 1 fully saturated rings. The lowest BCUT2D eigenvalue weighted by Gasteiger charge is -2.19. The van der Waals surface area contributed by atoms with Crippen molar-refractivity contribution in [2.75, 3.05) is 26.2 Å². The second kappa shape index (κ2) is 6.55. The van der Waals surface area contributed by atoms with Crippen LogP contribution in [0.5, 0.6) is 0 Å². The average Bonchev–Trinajstić information content (AvgIpc) is 2.84. The Morgan fingerprint density at radius 2 is 2.22 bits per heavy atom. The van der Waals surface area contributed by atoms with Crippen molar-refractivity contribution in [2.24, 2.45) is 5.92 Å². The van der Waals surface area contributed by atoms with E-state index in [1.165, 1.54) is 31.6 Å². The maximum absolute atomic E-state index is 6.21. The highest BCUT2D eigenvalue weighted by Gasteiger charge is 2.21. The Hall–Kier alpha value is -0.570. The molecule has 1 aromatic carbocycles. The summed E-state index contributed by atoms with van der Waals surface area (Å²) in [5.41, 5.74) is 1.20. The van der Waals surface area contributed by atoms with Gasteiger partial charge in [0.1, 0.15) is 0 Å². The van der Waals surface area contributed by atoms with Gasteiger partial charge in [-0.05, 0) is 50.5 Å². The molecular formula is C15H23ClN2. The van der Waals surface area contributed by atoms with Crippen LogP contribution in [0.3, 0.4) is 0 Å². The second-order valence-corrected chi connectivity index (χ2v) is 5.61. The minimum Gasteiger partial charge on any atom is -0.310 e. The fourth-order valence-electron chi connectivity index (χ4n) is 2.65. The number of benzene rings is 1. The van der Waals surface area contributed by atoms with Crippen LogP contribution in [0, 0.1) is 5.92 Å². The van der Waals surface area contributed by atoms with Gasteiger partial charge in [0.15, 0.2) is 0 Å². The molecular weight excluding hydrogens is 244 g/mol. The van der Waals surface area contributed by atoms with Crippen molar-refractivity contribution in [3.8, 4) is 0 Å². The summed E-state index contributed by atoms with van der Waals surface area (Å²) >= 11 is 6.21. The molecule has 1 saturated heterocycles. The molecule has 0 radical (unpaired) electrons. The lowest BCUT2D eigenvalue weighted by atomic mass is 10.1. The zero-order valence-corrected chi connectivity index (χ0v) is 12.1. The van der Waals surface area contributed by atoms with Crippen LogP contribution in [0.4, 0.5) is 0 Å². The molecule has 2 nitrogen and oxygen atoms in total. The normalized spacial score (nSPS) is 22.3. The third kappa shape index (κ3) is 3.47. The van der Waals surface area contributed by atoms with Gasteiger partial charge in [-0.2, -0.15) is 0 Å². The summed E-state index contributed by atoms with van der Waals surface area (Å²) < 4.78 is 0. The van der Waals surface area contributed by atoms with Gasteiger partial charge in [0.2, 0.25) is 0 Å². The lowest BCUT2D eigenvalue weighted by molar-refractivity contribution is 0.336. The summed E-state index contributed by atoms with van der Waals surface area (Å²) in [5, 5.41) is 4.48.